The molecule has 3 nitrogen and oxygen atoms in total. The second-order valence-electron chi connectivity index (χ2n) is 5.66. The molecule has 1 N–H and O–H groups in total. The zero-order chi connectivity index (χ0) is 14.1. The minimum absolute atomic E-state index is 0.188. The highest BCUT2D eigenvalue weighted by atomic mass is 19.4. The van der Waals surface area contributed by atoms with Crippen LogP contribution < -0.4 is 5.32 Å². The Balaban J connectivity index is 2.13. The Morgan fingerprint density at radius 3 is 2.32 bits per heavy atom. The van der Waals surface area contributed by atoms with E-state index in [1.807, 2.05) is 6.92 Å². The predicted octanol–water partition coefficient (Wildman–Crippen LogP) is 2.32. The normalized spacial score (nSPS) is 23.2. The Bertz CT molecular complexity index is 333. The van der Waals surface area contributed by atoms with Gasteiger partial charge in [0, 0.05) is 6.04 Å². The number of hydrogen-bond acceptors (Lipinski definition) is 2. The lowest BCUT2D eigenvalue weighted by Crippen LogP contribution is -2.52. The van der Waals surface area contributed by atoms with Crippen LogP contribution in [0.15, 0.2) is 0 Å². The molecule has 1 aliphatic heterocycles. The lowest BCUT2D eigenvalue weighted by Gasteiger charge is -2.40. The molecule has 0 aromatic carbocycles. The maximum atomic E-state index is 12.6. The van der Waals surface area contributed by atoms with Gasteiger partial charge in [-0.2, -0.15) is 13.2 Å². The zero-order valence-electron chi connectivity index (χ0n) is 11.2. The van der Waals surface area contributed by atoms with Crippen molar-refractivity contribution in [1.82, 2.24) is 10.2 Å². The molecule has 0 bridgehead atoms. The van der Waals surface area contributed by atoms with E-state index in [1.165, 1.54) is 0 Å². The lowest BCUT2D eigenvalue weighted by atomic mass is 9.75. The molecule has 2 aliphatic rings. The third-order valence-corrected chi connectivity index (χ3v) is 4.29. The number of rotatable bonds is 4. The van der Waals surface area contributed by atoms with E-state index in [-0.39, 0.29) is 11.9 Å². The van der Waals surface area contributed by atoms with E-state index in [1.54, 1.807) is 0 Å². The molecule has 1 aliphatic carbocycles. The van der Waals surface area contributed by atoms with Crippen molar-refractivity contribution in [3.63, 3.8) is 0 Å². The van der Waals surface area contributed by atoms with Gasteiger partial charge in [0.05, 0.1) is 5.41 Å². The molecule has 1 saturated heterocycles. The van der Waals surface area contributed by atoms with Gasteiger partial charge in [-0.3, -0.25) is 4.79 Å². The van der Waals surface area contributed by atoms with Gasteiger partial charge >= 0.3 is 6.18 Å². The summed E-state index contributed by atoms with van der Waals surface area (Å²) >= 11 is 0. The molecule has 1 heterocycles. The predicted molar refractivity (Wildman–Crippen MR) is 65.6 cm³/mol. The zero-order valence-corrected chi connectivity index (χ0v) is 11.2. The van der Waals surface area contributed by atoms with Gasteiger partial charge in [-0.15, -0.1) is 0 Å². The highest BCUT2D eigenvalue weighted by molar-refractivity contribution is 5.83. The van der Waals surface area contributed by atoms with Crippen molar-refractivity contribution in [2.24, 2.45) is 5.41 Å². The summed E-state index contributed by atoms with van der Waals surface area (Å²) in [4.78, 5) is 13.7. The smallest absolute Gasteiger partial charge is 0.330 e. The second kappa shape index (κ2) is 5.31. The standard InChI is InChI=1S/C13H21F3N2O/c1-2-12(5-7-17-8-6-12)11(19)18(10-3-4-10)9-13(14,15)16/h10,17H,2-9H2,1H3. The molecule has 6 heteroatoms. The van der Waals surface area contributed by atoms with Crippen molar-refractivity contribution < 1.29 is 18.0 Å². The van der Waals surface area contributed by atoms with Crippen molar-refractivity contribution in [2.75, 3.05) is 19.6 Å². The van der Waals surface area contributed by atoms with Crippen LogP contribution in [0.1, 0.15) is 39.0 Å². The summed E-state index contributed by atoms with van der Waals surface area (Å²) in [5.41, 5.74) is -0.584. The van der Waals surface area contributed by atoms with Gasteiger partial charge in [-0.05, 0) is 45.2 Å². The van der Waals surface area contributed by atoms with Crippen molar-refractivity contribution >= 4 is 5.91 Å². The number of halogens is 3. The monoisotopic (exact) mass is 278 g/mol. The minimum atomic E-state index is -4.31. The summed E-state index contributed by atoms with van der Waals surface area (Å²) in [6.07, 6.45) is -0.985. The Morgan fingerprint density at radius 2 is 1.89 bits per heavy atom. The van der Waals surface area contributed by atoms with E-state index in [0.29, 0.717) is 45.2 Å². The first-order chi connectivity index (χ1) is 8.88. The number of nitrogens with one attached hydrogen (secondary N) is 1. The summed E-state index contributed by atoms with van der Waals surface area (Å²) in [7, 11) is 0. The molecule has 2 fully saturated rings. The maximum Gasteiger partial charge on any atom is 0.406 e. The van der Waals surface area contributed by atoms with Crippen LogP contribution in [0.25, 0.3) is 0 Å². The average Bonchev–Trinajstić information content (AvgIpc) is 3.19. The third-order valence-electron chi connectivity index (χ3n) is 4.29. The average molecular weight is 278 g/mol. The van der Waals surface area contributed by atoms with Crippen molar-refractivity contribution in [3.8, 4) is 0 Å². The first-order valence-electron chi connectivity index (χ1n) is 6.96. The molecule has 0 spiro atoms. The van der Waals surface area contributed by atoms with Crippen molar-refractivity contribution in [3.05, 3.63) is 0 Å². The number of nitrogens with zero attached hydrogens (tertiary/aromatic N) is 1. The molecule has 0 aromatic rings. The fraction of sp³-hybridized carbons (Fsp3) is 0.923. The van der Waals surface area contributed by atoms with Crippen LogP contribution in [-0.4, -0.2) is 42.7 Å². The Labute approximate surface area is 111 Å². The van der Waals surface area contributed by atoms with E-state index < -0.39 is 18.1 Å². The van der Waals surface area contributed by atoms with Gasteiger partial charge in [0.15, 0.2) is 0 Å². The molecular weight excluding hydrogens is 257 g/mol. The van der Waals surface area contributed by atoms with E-state index in [9.17, 15) is 18.0 Å². The van der Waals surface area contributed by atoms with Gasteiger partial charge in [-0.25, -0.2) is 0 Å². The summed E-state index contributed by atoms with van der Waals surface area (Å²) < 4.78 is 37.9. The molecule has 0 radical (unpaired) electrons. The fourth-order valence-electron chi connectivity index (χ4n) is 2.87. The van der Waals surface area contributed by atoms with Crippen LogP contribution in [0.5, 0.6) is 0 Å². The molecule has 110 valence electrons. The van der Waals surface area contributed by atoms with Crippen LogP contribution in [0, 0.1) is 5.41 Å². The molecule has 0 aromatic heterocycles. The highest BCUT2D eigenvalue weighted by Crippen LogP contribution is 2.39. The van der Waals surface area contributed by atoms with Crippen molar-refractivity contribution in [1.29, 1.82) is 0 Å². The first kappa shape index (κ1) is 14.6. The van der Waals surface area contributed by atoms with E-state index in [2.05, 4.69) is 5.32 Å². The third kappa shape index (κ3) is 3.41. The summed E-state index contributed by atoms with van der Waals surface area (Å²) in [6.45, 7) is 2.24. The Kier molecular flexibility index (Phi) is 4.08. The largest absolute Gasteiger partial charge is 0.406 e. The first-order valence-corrected chi connectivity index (χ1v) is 6.96. The van der Waals surface area contributed by atoms with Crippen LogP contribution in [0.4, 0.5) is 13.2 Å². The molecular formula is C13H21F3N2O. The van der Waals surface area contributed by atoms with Gasteiger partial charge in [0.1, 0.15) is 6.54 Å². The Hall–Kier alpha value is -0.780. The molecule has 1 amide bonds. The number of carbonyl (C=O) groups is 1. The van der Waals surface area contributed by atoms with Crippen LogP contribution in [0.2, 0.25) is 0 Å². The second-order valence-corrected chi connectivity index (χ2v) is 5.66. The molecule has 1 saturated carbocycles. The maximum absolute atomic E-state index is 12.6. The van der Waals surface area contributed by atoms with Crippen LogP contribution in [-0.2, 0) is 4.79 Å². The summed E-state index contributed by atoms with van der Waals surface area (Å²) in [6, 6.07) is -0.188. The number of amides is 1. The van der Waals surface area contributed by atoms with Crippen LogP contribution in [0.3, 0.4) is 0 Å². The van der Waals surface area contributed by atoms with E-state index in [4.69, 9.17) is 0 Å². The fourth-order valence-corrected chi connectivity index (χ4v) is 2.87. The Morgan fingerprint density at radius 1 is 1.32 bits per heavy atom. The summed E-state index contributed by atoms with van der Waals surface area (Å²) in [5.74, 6) is -0.281. The van der Waals surface area contributed by atoms with Gasteiger partial charge < -0.3 is 10.2 Å². The SMILES string of the molecule is CCC1(C(=O)N(CC(F)(F)F)C2CC2)CCNCC1. The lowest BCUT2D eigenvalue weighted by molar-refractivity contribution is -0.170. The van der Waals surface area contributed by atoms with Gasteiger partial charge in [-0.1, -0.05) is 6.92 Å². The number of carbonyl (C=O) groups excluding carboxylic acids is 1. The van der Waals surface area contributed by atoms with E-state index in [0.717, 1.165) is 4.90 Å². The van der Waals surface area contributed by atoms with E-state index >= 15 is 0 Å². The number of piperidine rings is 1. The number of alkyl halides is 3. The minimum Gasteiger partial charge on any atom is -0.330 e. The molecule has 0 atom stereocenters. The molecule has 0 unspecified atom stereocenters. The van der Waals surface area contributed by atoms with Crippen molar-refractivity contribution in [2.45, 2.75) is 51.2 Å². The topological polar surface area (TPSA) is 32.3 Å². The summed E-state index contributed by atoms with van der Waals surface area (Å²) in [5, 5.41) is 3.17. The molecule has 2 rings (SSSR count). The quantitative estimate of drug-likeness (QED) is 0.856. The molecule has 19 heavy (non-hydrogen) atoms. The van der Waals surface area contributed by atoms with Gasteiger partial charge in [0.2, 0.25) is 5.91 Å². The van der Waals surface area contributed by atoms with Gasteiger partial charge in [0.25, 0.3) is 0 Å². The van der Waals surface area contributed by atoms with Crippen LogP contribution >= 0.6 is 0 Å². The highest BCUT2D eigenvalue weighted by Gasteiger charge is 2.47. The number of hydrogen-bond donors (Lipinski definition) is 1.